The van der Waals surface area contributed by atoms with Crippen LogP contribution in [0.4, 0.5) is 10.1 Å². The van der Waals surface area contributed by atoms with Crippen LogP contribution in [0.1, 0.15) is 43.4 Å². The van der Waals surface area contributed by atoms with E-state index in [0.717, 1.165) is 12.2 Å². The number of hydrogen-bond donors (Lipinski definition) is 1. The summed E-state index contributed by atoms with van der Waals surface area (Å²) in [5.41, 5.74) is 2.41. The van der Waals surface area contributed by atoms with E-state index in [2.05, 4.69) is 23.9 Å². The van der Waals surface area contributed by atoms with E-state index >= 15 is 0 Å². The van der Waals surface area contributed by atoms with Crippen LogP contribution in [0, 0.1) is 12.7 Å². The van der Waals surface area contributed by atoms with Gasteiger partial charge in [0.25, 0.3) is 0 Å². The summed E-state index contributed by atoms with van der Waals surface area (Å²) in [5.74, 6) is -0.256. The molecule has 0 saturated heterocycles. The number of anilines is 1. The maximum atomic E-state index is 13.8. The van der Waals surface area contributed by atoms with E-state index in [-0.39, 0.29) is 11.4 Å². The number of likely N-dealkylation sites (N-methyl/N-ethyl adjacent to an activating group) is 2. The van der Waals surface area contributed by atoms with Crippen molar-refractivity contribution in [3.05, 3.63) is 29.1 Å². The molecular formula is C17H27FN2O. The summed E-state index contributed by atoms with van der Waals surface area (Å²) in [7, 11) is 6.28. The van der Waals surface area contributed by atoms with Crippen molar-refractivity contribution < 1.29 is 9.50 Å². The van der Waals surface area contributed by atoms with Crippen LogP contribution in [0.15, 0.2) is 12.1 Å². The average Bonchev–Trinajstić information content (AvgIpc) is 2.35. The molecular weight excluding hydrogens is 267 g/mol. The first kappa shape index (κ1) is 16.2. The van der Waals surface area contributed by atoms with Gasteiger partial charge in [0, 0.05) is 30.4 Å². The van der Waals surface area contributed by atoms with Crippen molar-refractivity contribution in [1.82, 2.24) is 4.90 Å². The van der Waals surface area contributed by atoms with Gasteiger partial charge in [-0.2, -0.15) is 0 Å². The molecule has 0 bridgehead atoms. The summed E-state index contributed by atoms with van der Waals surface area (Å²) in [6, 6.07) is 3.31. The molecule has 1 fully saturated rings. The average molecular weight is 294 g/mol. The van der Waals surface area contributed by atoms with Crippen LogP contribution >= 0.6 is 0 Å². The largest absolute Gasteiger partial charge is 0.389 e. The second-order valence-electron chi connectivity index (χ2n) is 6.66. The van der Waals surface area contributed by atoms with E-state index in [1.807, 2.05) is 13.1 Å². The van der Waals surface area contributed by atoms with E-state index in [1.165, 1.54) is 25.3 Å². The highest BCUT2D eigenvalue weighted by atomic mass is 19.1. The van der Waals surface area contributed by atoms with E-state index in [4.69, 9.17) is 0 Å². The normalized spacial score (nSPS) is 18.5. The zero-order chi connectivity index (χ0) is 15.8. The molecule has 1 aromatic carbocycles. The lowest BCUT2D eigenvalue weighted by molar-refractivity contribution is 0.0682. The van der Waals surface area contributed by atoms with Crippen molar-refractivity contribution in [1.29, 1.82) is 0 Å². The zero-order valence-electron chi connectivity index (χ0n) is 13.8. The fraction of sp³-hybridized carbons (Fsp3) is 0.647. The third-order valence-corrected chi connectivity index (χ3v) is 4.93. The Morgan fingerprint density at radius 3 is 2.33 bits per heavy atom. The first-order valence-corrected chi connectivity index (χ1v) is 7.63. The Morgan fingerprint density at radius 2 is 1.90 bits per heavy atom. The molecule has 4 heteroatoms. The van der Waals surface area contributed by atoms with E-state index in [0.29, 0.717) is 11.1 Å². The first-order valence-electron chi connectivity index (χ1n) is 7.63. The van der Waals surface area contributed by atoms with Crippen molar-refractivity contribution >= 4 is 5.69 Å². The van der Waals surface area contributed by atoms with Gasteiger partial charge in [-0.15, -0.1) is 0 Å². The first-order chi connectivity index (χ1) is 9.77. The van der Waals surface area contributed by atoms with Crippen molar-refractivity contribution in [2.45, 2.75) is 44.8 Å². The van der Waals surface area contributed by atoms with E-state index in [1.54, 1.807) is 13.8 Å². The van der Waals surface area contributed by atoms with Crippen molar-refractivity contribution in [3.63, 3.8) is 0 Å². The molecule has 1 aromatic rings. The highest BCUT2D eigenvalue weighted by Crippen LogP contribution is 2.38. The van der Waals surface area contributed by atoms with Gasteiger partial charge >= 0.3 is 0 Å². The second kappa shape index (κ2) is 5.93. The van der Waals surface area contributed by atoms with Crippen LogP contribution < -0.4 is 4.90 Å². The minimum Gasteiger partial charge on any atom is -0.389 e. The van der Waals surface area contributed by atoms with Gasteiger partial charge in [-0.3, -0.25) is 0 Å². The van der Waals surface area contributed by atoms with Crippen LogP contribution in [-0.4, -0.2) is 43.2 Å². The fourth-order valence-corrected chi connectivity index (χ4v) is 3.21. The van der Waals surface area contributed by atoms with Gasteiger partial charge in [0.2, 0.25) is 0 Å². The monoisotopic (exact) mass is 294 g/mol. The Labute approximate surface area is 127 Å². The Bertz CT molecular complexity index is 510. The SMILES string of the molecule is Cc1cc(N(C)CC2(N(C)C)CCC2)c([C@@H](C)O)cc1F. The number of aliphatic hydroxyl groups excluding tert-OH is 1. The molecule has 1 N–H and O–H groups in total. The molecule has 0 unspecified atom stereocenters. The fourth-order valence-electron chi connectivity index (χ4n) is 3.21. The lowest BCUT2D eigenvalue weighted by atomic mass is 9.75. The zero-order valence-corrected chi connectivity index (χ0v) is 13.8. The van der Waals surface area contributed by atoms with Crippen LogP contribution in [-0.2, 0) is 0 Å². The van der Waals surface area contributed by atoms with Crippen LogP contribution in [0.2, 0.25) is 0 Å². The van der Waals surface area contributed by atoms with Crippen molar-refractivity contribution in [2.75, 3.05) is 32.6 Å². The molecule has 1 aliphatic carbocycles. The Morgan fingerprint density at radius 1 is 1.29 bits per heavy atom. The Kier molecular flexibility index (Phi) is 4.59. The Hall–Kier alpha value is -1.13. The predicted octanol–water partition coefficient (Wildman–Crippen LogP) is 3.11. The highest BCUT2D eigenvalue weighted by molar-refractivity contribution is 5.56. The van der Waals surface area contributed by atoms with Crippen LogP contribution in [0.3, 0.4) is 0 Å². The van der Waals surface area contributed by atoms with Crippen LogP contribution in [0.25, 0.3) is 0 Å². The molecule has 118 valence electrons. The number of aryl methyl sites for hydroxylation is 1. The lowest BCUT2D eigenvalue weighted by Gasteiger charge is -2.49. The number of hydrogen-bond acceptors (Lipinski definition) is 3. The molecule has 0 amide bonds. The standard InChI is InChI=1S/C17H27FN2O/c1-12-9-16(14(13(2)21)10-15(12)18)20(5)11-17(19(3)4)7-6-8-17/h9-10,13,21H,6-8,11H2,1-5H3/t13-/m1/s1. The summed E-state index contributed by atoms with van der Waals surface area (Å²) < 4.78 is 13.8. The van der Waals surface area contributed by atoms with Gasteiger partial charge in [-0.05, 0) is 64.9 Å². The Balaban J connectivity index is 2.30. The number of halogens is 1. The van der Waals surface area contributed by atoms with Gasteiger partial charge in [0.15, 0.2) is 0 Å². The predicted molar refractivity (Wildman–Crippen MR) is 85.3 cm³/mol. The van der Waals surface area contributed by atoms with Gasteiger partial charge in [-0.1, -0.05) is 0 Å². The summed E-state index contributed by atoms with van der Waals surface area (Å²) in [4.78, 5) is 4.46. The molecule has 1 aliphatic rings. The maximum Gasteiger partial charge on any atom is 0.126 e. The molecule has 0 spiro atoms. The molecule has 0 heterocycles. The number of nitrogens with zero attached hydrogens (tertiary/aromatic N) is 2. The second-order valence-corrected chi connectivity index (χ2v) is 6.66. The molecule has 0 aromatic heterocycles. The summed E-state index contributed by atoms with van der Waals surface area (Å²) in [6.45, 7) is 4.35. The van der Waals surface area contributed by atoms with Gasteiger partial charge < -0.3 is 14.9 Å². The third kappa shape index (κ3) is 3.06. The lowest BCUT2D eigenvalue weighted by Crippen LogP contribution is -2.56. The van der Waals surface area contributed by atoms with Crippen molar-refractivity contribution in [2.24, 2.45) is 0 Å². The third-order valence-electron chi connectivity index (χ3n) is 4.93. The van der Waals surface area contributed by atoms with Gasteiger partial charge in [0.1, 0.15) is 5.82 Å². The summed E-state index contributed by atoms with van der Waals surface area (Å²) >= 11 is 0. The molecule has 0 radical (unpaired) electrons. The summed E-state index contributed by atoms with van der Waals surface area (Å²) in [5, 5.41) is 9.94. The highest BCUT2D eigenvalue weighted by Gasteiger charge is 2.40. The molecule has 21 heavy (non-hydrogen) atoms. The van der Waals surface area contributed by atoms with Crippen LogP contribution in [0.5, 0.6) is 0 Å². The quantitative estimate of drug-likeness (QED) is 0.904. The maximum absolute atomic E-state index is 13.8. The number of benzene rings is 1. The van der Waals surface area contributed by atoms with Gasteiger partial charge in [-0.25, -0.2) is 4.39 Å². The number of aliphatic hydroxyl groups is 1. The number of rotatable bonds is 5. The van der Waals surface area contributed by atoms with E-state index in [9.17, 15) is 9.50 Å². The molecule has 1 saturated carbocycles. The molecule has 1 atom stereocenters. The smallest absolute Gasteiger partial charge is 0.126 e. The molecule has 2 rings (SSSR count). The van der Waals surface area contributed by atoms with Gasteiger partial charge in [0.05, 0.1) is 6.10 Å². The molecule has 0 aliphatic heterocycles. The minimum atomic E-state index is -0.672. The topological polar surface area (TPSA) is 26.7 Å². The summed E-state index contributed by atoms with van der Waals surface area (Å²) in [6.07, 6.45) is 2.97. The minimum absolute atomic E-state index is 0.201. The van der Waals surface area contributed by atoms with E-state index < -0.39 is 6.10 Å². The van der Waals surface area contributed by atoms with Crippen molar-refractivity contribution in [3.8, 4) is 0 Å². The molecule has 3 nitrogen and oxygen atoms in total.